The summed E-state index contributed by atoms with van der Waals surface area (Å²) in [5.74, 6) is 0.789. The fourth-order valence-corrected chi connectivity index (χ4v) is 5.22. The molecule has 4 bridgehead atoms. The van der Waals surface area contributed by atoms with Crippen molar-refractivity contribution in [3.63, 3.8) is 0 Å². The molecule has 6 heteroatoms. The number of nitrogens with zero attached hydrogens (tertiary/aromatic N) is 1. The molecule has 4 aliphatic rings. The number of methoxy groups -OCH3 is 1. The van der Waals surface area contributed by atoms with Crippen molar-refractivity contribution >= 4 is 5.97 Å². The average Bonchev–Trinajstić information content (AvgIpc) is 2.24. The van der Waals surface area contributed by atoms with Gasteiger partial charge in [0.15, 0.2) is 5.60 Å². The van der Waals surface area contributed by atoms with Crippen molar-refractivity contribution in [2.24, 2.45) is 17.3 Å². The van der Waals surface area contributed by atoms with E-state index < -0.39 is 10.7 Å². The zero-order valence-electron chi connectivity index (χ0n) is 11.1. The topological polar surface area (TPSA) is 75.8 Å². The van der Waals surface area contributed by atoms with E-state index in [1.807, 2.05) is 0 Å². The van der Waals surface area contributed by atoms with Crippen LogP contribution >= 0.6 is 0 Å². The van der Waals surface area contributed by atoms with Crippen LogP contribution in [0.2, 0.25) is 0 Å². The third kappa shape index (κ3) is 2.17. The van der Waals surface area contributed by atoms with Crippen LogP contribution in [0.5, 0.6) is 0 Å². The first kappa shape index (κ1) is 12.7. The molecule has 1 N–H and O–H groups in total. The first-order valence-electron chi connectivity index (χ1n) is 6.86. The second kappa shape index (κ2) is 4.08. The quantitative estimate of drug-likeness (QED) is 0.624. The van der Waals surface area contributed by atoms with Crippen LogP contribution in [0.15, 0.2) is 0 Å². The first-order valence-corrected chi connectivity index (χ1v) is 6.86. The molecule has 4 fully saturated rings. The molecular weight excluding hydrogens is 250 g/mol. The van der Waals surface area contributed by atoms with Crippen LogP contribution < -0.4 is 0 Å². The van der Waals surface area contributed by atoms with Gasteiger partial charge in [0, 0.05) is 6.42 Å². The number of rotatable bonds is 4. The van der Waals surface area contributed by atoms with Gasteiger partial charge in [-0.25, -0.2) is 5.21 Å². The lowest BCUT2D eigenvalue weighted by molar-refractivity contribution is -0.990. The summed E-state index contributed by atoms with van der Waals surface area (Å²) < 4.78 is 4.80. The van der Waals surface area contributed by atoms with Gasteiger partial charge in [-0.05, 0) is 49.4 Å². The zero-order valence-corrected chi connectivity index (χ0v) is 11.1. The lowest BCUT2D eigenvalue weighted by Crippen LogP contribution is -2.58. The number of ether oxygens (including phenoxy) is 1. The van der Waals surface area contributed by atoms with Crippen LogP contribution in [-0.2, 0) is 14.4 Å². The number of carbonyl (C=O) groups is 1. The van der Waals surface area contributed by atoms with E-state index in [4.69, 9.17) is 14.8 Å². The molecule has 0 aromatic rings. The van der Waals surface area contributed by atoms with E-state index in [1.54, 1.807) is 0 Å². The van der Waals surface area contributed by atoms with Gasteiger partial charge in [-0.3, -0.25) is 4.79 Å². The van der Waals surface area contributed by atoms with Gasteiger partial charge in [-0.15, -0.1) is 0 Å². The third-order valence-electron chi connectivity index (χ3n) is 5.15. The summed E-state index contributed by atoms with van der Waals surface area (Å²) in [6.07, 6.45) is 5.85. The smallest absolute Gasteiger partial charge is 0.469 e. The molecule has 0 aromatic carbocycles. The Bertz CT molecular complexity index is 407. The molecule has 4 aliphatic carbocycles. The minimum atomic E-state index is -0.575. The average molecular weight is 270 g/mol. The van der Waals surface area contributed by atoms with Gasteiger partial charge in [-0.1, -0.05) is 0 Å². The number of hydrogen-bond acceptors (Lipinski definition) is 4. The number of esters is 1. The number of carbonyl (C=O) groups excluding carboxylic acids is 1. The molecule has 0 aliphatic heterocycles. The summed E-state index contributed by atoms with van der Waals surface area (Å²) in [6.45, 7) is 0. The summed E-state index contributed by atoms with van der Waals surface area (Å²) in [7, 11) is 1.40. The summed E-state index contributed by atoms with van der Waals surface area (Å²) in [4.78, 5) is 27.7. The molecule has 2 unspecified atom stereocenters. The van der Waals surface area contributed by atoms with Gasteiger partial charge in [0.1, 0.15) is 4.91 Å². The van der Waals surface area contributed by atoms with Crippen LogP contribution in [0.25, 0.3) is 0 Å². The molecule has 106 valence electrons. The van der Waals surface area contributed by atoms with E-state index in [9.17, 15) is 9.70 Å². The molecule has 4 saturated carbocycles. The van der Waals surface area contributed by atoms with Gasteiger partial charge < -0.3 is 4.74 Å². The SMILES string of the molecule is COC(=O)CC12CC3CC(C1)CC(O[N+](=O)O)(C3)C2. The lowest BCUT2D eigenvalue weighted by Gasteiger charge is -2.58. The Hall–Kier alpha value is -1.33. The van der Waals surface area contributed by atoms with E-state index >= 15 is 0 Å². The Morgan fingerprint density at radius 2 is 1.95 bits per heavy atom. The van der Waals surface area contributed by atoms with E-state index in [1.165, 1.54) is 7.11 Å². The second-order valence-corrected chi connectivity index (χ2v) is 6.73. The van der Waals surface area contributed by atoms with Crippen LogP contribution in [0, 0.1) is 22.2 Å². The molecule has 0 heterocycles. The van der Waals surface area contributed by atoms with Crippen molar-refractivity contribution in [1.29, 1.82) is 0 Å². The highest BCUT2D eigenvalue weighted by Gasteiger charge is 2.62. The highest BCUT2D eigenvalue weighted by Crippen LogP contribution is 2.63. The van der Waals surface area contributed by atoms with Crippen LogP contribution in [0.3, 0.4) is 0 Å². The van der Waals surface area contributed by atoms with Crippen molar-refractivity contribution in [3.05, 3.63) is 4.91 Å². The summed E-state index contributed by atoms with van der Waals surface area (Å²) in [5.41, 5.74) is -0.679. The normalized spacial score (nSPS) is 43.0. The first-order chi connectivity index (χ1) is 8.94. The fraction of sp³-hybridized carbons (Fsp3) is 0.923. The monoisotopic (exact) mass is 270 g/mol. The van der Waals surface area contributed by atoms with Gasteiger partial charge in [0.05, 0.1) is 13.5 Å². The molecule has 0 saturated heterocycles. The van der Waals surface area contributed by atoms with Gasteiger partial charge >= 0.3 is 11.1 Å². The minimum absolute atomic E-state index is 0.104. The maximum absolute atomic E-state index is 11.6. The minimum Gasteiger partial charge on any atom is -0.469 e. The van der Waals surface area contributed by atoms with Gasteiger partial charge in [0.25, 0.3) is 0 Å². The molecular formula is C13H20NO5+. The van der Waals surface area contributed by atoms with Gasteiger partial charge in [-0.2, -0.15) is 4.84 Å². The van der Waals surface area contributed by atoms with E-state index in [0.717, 1.165) is 32.1 Å². The molecule has 0 aromatic heterocycles. The largest absolute Gasteiger partial charge is 0.475 e. The Kier molecular flexibility index (Phi) is 2.73. The highest BCUT2D eigenvalue weighted by molar-refractivity contribution is 5.70. The van der Waals surface area contributed by atoms with Crippen molar-refractivity contribution in [2.45, 2.75) is 50.5 Å². The van der Waals surface area contributed by atoms with Crippen molar-refractivity contribution in [3.8, 4) is 0 Å². The Morgan fingerprint density at radius 1 is 1.32 bits per heavy atom. The summed E-state index contributed by atoms with van der Waals surface area (Å²) in [5, 5.41) is 8.48. The molecule has 0 amide bonds. The standard InChI is InChI=1S/C13H20NO5/c1-18-11(15)7-12-3-9-2-10(4-12)6-13(5-9,8-12)19-14(16)17/h9-10H,2-8H2,1H3,(H,16,17)/q+1. The lowest BCUT2D eigenvalue weighted by atomic mass is 9.47. The maximum Gasteiger partial charge on any atom is 0.475 e. The highest BCUT2D eigenvalue weighted by atomic mass is 17.0. The zero-order chi connectivity index (χ0) is 13.7. The van der Waals surface area contributed by atoms with Crippen molar-refractivity contribution in [1.82, 2.24) is 0 Å². The molecule has 6 nitrogen and oxygen atoms in total. The van der Waals surface area contributed by atoms with Crippen LogP contribution in [-0.4, -0.2) is 29.0 Å². The van der Waals surface area contributed by atoms with E-state index in [0.29, 0.717) is 24.7 Å². The van der Waals surface area contributed by atoms with Crippen LogP contribution in [0.4, 0.5) is 0 Å². The molecule has 19 heavy (non-hydrogen) atoms. The Labute approximate surface area is 111 Å². The summed E-state index contributed by atoms with van der Waals surface area (Å²) in [6, 6.07) is 0. The fourth-order valence-electron chi connectivity index (χ4n) is 5.22. The maximum atomic E-state index is 11.6. The van der Waals surface area contributed by atoms with Crippen LogP contribution in [0.1, 0.15) is 44.9 Å². The van der Waals surface area contributed by atoms with E-state index in [-0.39, 0.29) is 11.4 Å². The van der Waals surface area contributed by atoms with Crippen molar-refractivity contribution in [2.75, 3.05) is 7.11 Å². The third-order valence-corrected chi connectivity index (χ3v) is 5.15. The Balaban J connectivity index is 1.84. The second-order valence-electron chi connectivity index (χ2n) is 6.73. The molecule has 0 spiro atoms. The predicted octanol–water partition coefficient (Wildman–Crippen LogP) is 1.99. The predicted molar refractivity (Wildman–Crippen MR) is 63.0 cm³/mol. The van der Waals surface area contributed by atoms with Crippen molar-refractivity contribution < 1.29 is 24.7 Å². The molecule has 2 atom stereocenters. The Morgan fingerprint density at radius 3 is 2.47 bits per heavy atom. The molecule has 4 rings (SSSR count). The molecule has 0 radical (unpaired) electrons. The number of hydrogen-bond donors (Lipinski definition) is 1. The summed E-state index contributed by atoms with van der Waals surface area (Å²) >= 11 is 0. The van der Waals surface area contributed by atoms with E-state index in [2.05, 4.69) is 0 Å². The van der Waals surface area contributed by atoms with Gasteiger partial charge in [0.2, 0.25) is 0 Å².